The van der Waals surface area contributed by atoms with E-state index in [1.807, 2.05) is 6.92 Å². The summed E-state index contributed by atoms with van der Waals surface area (Å²) in [5, 5.41) is 3.46. The molecule has 8 nitrogen and oxygen atoms in total. The van der Waals surface area contributed by atoms with Gasteiger partial charge in [0.15, 0.2) is 0 Å². The van der Waals surface area contributed by atoms with Crippen LogP contribution in [-0.2, 0) is 27.8 Å². The van der Waals surface area contributed by atoms with Crippen LogP contribution in [0.25, 0.3) is 0 Å². The van der Waals surface area contributed by atoms with Crippen molar-refractivity contribution in [3.05, 3.63) is 17.1 Å². The average Bonchev–Trinajstić information content (AvgIpc) is 2.91. The number of hydrogen-bond acceptors (Lipinski definition) is 6. The first-order valence-electron chi connectivity index (χ1n) is 8.26. The van der Waals surface area contributed by atoms with Crippen LogP contribution in [0.1, 0.15) is 23.5 Å². The van der Waals surface area contributed by atoms with Gasteiger partial charge in [0, 0.05) is 45.8 Å². The highest BCUT2D eigenvalue weighted by Crippen LogP contribution is 2.24. The number of anilines is 1. The van der Waals surface area contributed by atoms with E-state index in [1.54, 1.807) is 14.1 Å². The molecule has 0 bridgehead atoms. The van der Waals surface area contributed by atoms with Crippen molar-refractivity contribution in [1.29, 1.82) is 0 Å². The van der Waals surface area contributed by atoms with E-state index in [-0.39, 0.29) is 6.04 Å². The van der Waals surface area contributed by atoms with Gasteiger partial charge in [-0.1, -0.05) is 0 Å². The van der Waals surface area contributed by atoms with Crippen LogP contribution in [0.15, 0.2) is 0 Å². The molecule has 1 atom stereocenters. The van der Waals surface area contributed by atoms with Crippen molar-refractivity contribution >= 4 is 16.0 Å². The Bertz CT molecular complexity index is 701. The molecule has 2 aliphatic heterocycles. The maximum absolute atomic E-state index is 12.4. The molecule has 0 aromatic carbocycles. The second kappa shape index (κ2) is 6.91. The van der Waals surface area contributed by atoms with Crippen molar-refractivity contribution in [3.63, 3.8) is 0 Å². The van der Waals surface area contributed by atoms with Gasteiger partial charge in [-0.05, 0) is 19.8 Å². The molecular formula is C15H25N5O3S. The number of nitrogens with one attached hydrogen (secondary N) is 1. The summed E-state index contributed by atoms with van der Waals surface area (Å²) in [5.74, 6) is 1.54. The summed E-state index contributed by atoms with van der Waals surface area (Å²) in [6.07, 6.45) is 2.17. The topological polar surface area (TPSA) is 87.7 Å². The molecular weight excluding hydrogens is 330 g/mol. The predicted molar refractivity (Wildman–Crippen MR) is 91.2 cm³/mol. The molecule has 0 radical (unpaired) electrons. The molecule has 1 aromatic heterocycles. The first kappa shape index (κ1) is 17.5. The van der Waals surface area contributed by atoms with Crippen LogP contribution in [0.2, 0.25) is 0 Å². The highest BCUT2D eigenvalue weighted by Gasteiger charge is 2.29. The average molecular weight is 355 g/mol. The molecule has 1 aromatic rings. The van der Waals surface area contributed by atoms with Gasteiger partial charge in [0.2, 0.25) is 0 Å². The largest absolute Gasteiger partial charge is 0.379 e. The van der Waals surface area contributed by atoms with Gasteiger partial charge in [-0.25, -0.2) is 9.97 Å². The zero-order valence-electron chi connectivity index (χ0n) is 14.4. The standard InChI is InChI=1S/C15H25N5O3S/c1-11-16-14-5-8-20(24(21,22)19(2)3)7-4-13(14)15(17-11)18-12-6-9-23-10-12/h12H,4-10H2,1-3H3,(H,16,17,18)/t12-/m1/s1. The first-order chi connectivity index (χ1) is 11.4. The number of nitrogens with zero attached hydrogens (tertiary/aromatic N) is 4. The molecule has 0 saturated carbocycles. The van der Waals surface area contributed by atoms with Crippen LogP contribution in [0.4, 0.5) is 5.82 Å². The van der Waals surface area contributed by atoms with Crippen molar-refractivity contribution in [2.45, 2.75) is 32.2 Å². The summed E-state index contributed by atoms with van der Waals surface area (Å²) in [5.41, 5.74) is 1.98. The Kier molecular flexibility index (Phi) is 5.05. The summed E-state index contributed by atoms with van der Waals surface area (Å²) in [7, 11) is -0.288. The highest BCUT2D eigenvalue weighted by atomic mass is 32.2. The minimum Gasteiger partial charge on any atom is -0.379 e. The lowest BCUT2D eigenvalue weighted by molar-refractivity contribution is 0.195. The number of aryl methyl sites for hydroxylation is 1. The van der Waals surface area contributed by atoms with Crippen molar-refractivity contribution in [1.82, 2.24) is 18.6 Å². The summed E-state index contributed by atoms with van der Waals surface area (Å²) in [6, 6.07) is 0.258. The van der Waals surface area contributed by atoms with E-state index in [0.717, 1.165) is 30.1 Å². The SMILES string of the molecule is Cc1nc2c(c(N[C@@H]3CCOC3)n1)CCN(S(=O)(=O)N(C)C)CC2. The molecule has 24 heavy (non-hydrogen) atoms. The molecule has 1 N–H and O–H groups in total. The molecule has 0 aliphatic carbocycles. The summed E-state index contributed by atoms with van der Waals surface area (Å²) in [4.78, 5) is 9.11. The van der Waals surface area contributed by atoms with Crippen LogP contribution in [0.3, 0.4) is 0 Å². The zero-order valence-corrected chi connectivity index (χ0v) is 15.3. The van der Waals surface area contributed by atoms with Gasteiger partial charge >= 0.3 is 0 Å². The third-order valence-electron chi connectivity index (χ3n) is 4.47. The summed E-state index contributed by atoms with van der Waals surface area (Å²) < 4.78 is 33.0. The number of fused-ring (bicyclic) bond motifs is 1. The molecule has 1 saturated heterocycles. The van der Waals surface area contributed by atoms with Gasteiger partial charge in [-0.3, -0.25) is 0 Å². The van der Waals surface area contributed by atoms with Crippen LogP contribution in [0.5, 0.6) is 0 Å². The Morgan fingerprint density at radius 2 is 2.00 bits per heavy atom. The highest BCUT2D eigenvalue weighted by molar-refractivity contribution is 7.86. The fourth-order valence-electron chi connectivity index (χ4n) is 3.12. The Hall–Kier alpha value is -1.29. The first-order valence-corrected chi connectivity index (χ1v) is 9.66. The molecule has 3 heterocycles. The monoisotopic (exact) mass is 355 g/mol. The van der Waals surface area contributed by atoms with Crippen LogP contribution >= 0.6 is 0 Å². The van der Waals surface area contributed by atoms with Crippen molar-refractivity contribution < 1.29 is 13.2 Å². The second-order valence-corrected chi connectivity index (χ2v) is 8.58. The molecule has 2 aliphatic rings. The van der Waals surface area contributed by atoms with Gasteiger partial charge in [-0.2, -0.15) is 17.0 Å². The van der Waals surface area contributed by atoms with E-state index in [0.29, 0.717) is 38.4 Å². The Morgan fingerprint density at radius 3 is 2.67 bits per heavy atom. The number of rotatable bonds is 4. The summed E-state index contributed by atoms with van der Waals surface area (Å²) >= 11 is 0. The van der Waals surface area contributed by atoms with E-state index in [9.17, 15) is 8.42 Å². The Morgan fingerprint density at radius 1 is 1.25 bits per heavy atom. The lowest BCUT2D eigenvalue weighted by Gasteiger charge is -2.23. The second-order valence-electron chi connectivity index (χ2n) is 6.44. The Labute approximate surface area is 143 Å². The fourth-order valence-corrected chi connectivity index (χ4v) is 4.23. The number of hydrogen-bond donors (Lipinski definition) is 1. The number of ether oxygens (including phenoxy) is 1. The van der Waals surface area contributed by atoms with Gasteiger partial charge in [0.05, 0.1) is 18.3 Å². The molecule has 9 heteroatoms. The zero-order chi connectivity index (χ0) is 17.3. The predicted octanol–water partition coefficient (Wildman–Crippen LogP) is 0.193. The lowest BCUT2D eigenvalue weighted by atomic mass is 10.1. The van der Waals surface area contributed by atoms with Gasteiger partial charge in [0.1, 0.15) is 11.6 Å². The van der Waals surface area contributed by atoms with Crippen LogP contribution in [-0.4, -0.2) is 73.4 Å². The van der Waals surface area contributed by atoms with E-state index >= 15 is 0 Å². The van der Waals surface area contributed by atoms with Gasteiger partial charge in [0.25, 0.3) is 10.2 Å². The fraction of sp³-hybridized carbons (Fsp3) is 0.733. The minimum absolute atomic E-state index is 0.258. The molecule has 1 fully saturated rings. The van der Waals surface area contributed by atoms with Gasteiger partial charge < -0.3 is 10.1 Å². The minimum atomic E-state index is -3.41. The third-order valence-corrected chi connectivity index (χ3v) is 6.41. The van der Waals surface area contributed by atoms with Gasteiger partial charge in [-0.15, -0.1) is 0 Å². The van der Waals surface area contributed by atoms with E-state index in [4.69, 9.17) is 4.74 Å². The van der Waals surface area contributed by atoms with E-state index in [2.05, 4.69) is 15.3 Å². The van der Waals surface area contributed by atoms with Crippen LogP contribution in [0, 0.1) is 6.92 Å². The Balaban J connectivity index is 1.85. The van der Waals surface area contributed by atoms with Crippen LogP contribution < -0.4 is 5.32 Å². The van der Waals surface area contributed by atoms with E-state index < -0.39 is 10.2 Å². The molecule has 3 rings (SSSR count). The maximum atomic E-state index is 12.4. The molecule has 0 amide bonds. The maximum Gasteiger partial charge on any atom is 0.281 e. The third kappa shape index (κ3) is 3.53. The molecule has 0 spiro atoms. The smallest absolute Gasteiger partial charge is 0.281 e. The molecule has 134 valence electrons. The quantitative estimate of drug-likeness (QED) is 0.830. The van der Waals surface area contributed by atoms with Crippen molar-refractivity contribution in [3.8, 4) is 0 Å². The van der Waals surface area contributed by atoms with Crippen molar-refractivity contribution in [2.24, 2.45) is 0 Å². The lowest BCUT2D eigenvalue weighted by Crippen LogP contribution is -2.41. The number of aromatic nitrogens is 2. The molecule has 0 unspecified atom stereocenters. The summed E-state index contributed by atoms with van der Waals surface area (Å²) in [6.45, 7) is 4.19. The van der Waals surface area contributed by atoms with E-state index in [1.165, 1.54) is 8.61 Å². The van der Waals surface area contributed by atoms with Crippen molar-refractivity contribution in [2.75, 3.05) is 45.7 Å². The normalized spacial score (nSPS) is 22.4.